The summed E-state index contributed by atoms with van der Waals surface area (Å²) in [6.45, 7) is 15.0. The van der Waals surface area contributed by atoms with E-state index in [0.29, 0.717) is 60.1 Å². The molecule has 6 rings (SSSR count). The van der Waals surface area contributed by atoms with Crippen molar-refractivity contribution in [3.8, 4) is 0 Å². The van der Waals surface area contributed by atoms with Crippen LogP contribution in [0.1, 0.15) is 99.3 Å². The molecule has 12 atom stereocenters. The highest BCUT2D eigenvalue weighted by atomic mass is 16.6. The van der Waals surface area contributed by atoms with Gasteiger partial charge >= 0.3 is 5.97 Å². The molecule has 6 fully saturated rings. The van der Waals surface area contributed by atoms with Gasteiger partial charge in [0.15, 0.2) is 0 Å². The molecule has 0 amide bonds. The van der Waals surface area contributed by atoms with Gasteiger partial charge < -0.3 is 9.84 Å². The Morgan fingerprint density at radius 3 is 2.42 bits per heavy atom. The van der Waals surface area contributed by atoms with Gasteiger partial charge in [0, 0.05) is 37.9 Å². The minimum absolute atomic E-state index is 0.00787. The molecular weight excluding hydrogens is 450 g/mol. The van der Waals surface area contributed by atoms with Crippen LogP contribution in [0.15, 0.2) is 0 Å². The molecule has 0 spiro atoms. The summed E-state index contributed by atoms with van der Waals surface area (Å²) in [7, 11) is 0. The Hall–Kier alpha value is -0.940. The number of esters is 1. The Morgan fingerprint density at radius 1 is 0.944 bits per heavy atom. The van der Waals surface area contributed by atoms with E-state index in [2.05, 4.69) is 32.6 Å². The van der Waals surface area contributed by atoms with Crippen LogP contribution in [0, 0.1) is 52.8 Å². The highest BCUT2D eigenvalue weighted by Crippen LogP contribution is 2.68. The number of fused-ring (bicyclic) bond motifs is 8. The Balaban J connectivity index is 1.29. The number of carbonyl (C=O) groups is 2. The molecular formula is C31H49NO4. The number of nitrogens with zero attached hydrogens (tertiary/aromatic N) is 1. The standard InChI is InChI=1S/C31H49NO4/c1-18-9-10-30(5)31(6,35)24-8-7-20-21(23(24)17-32(30)16-18)13-25-22(20)14-27(34)26-15-28(3,36-19(2)33)11-12-29(25,26)4/h18,20-26,35H,7-17H2,1-6H3/t18-,20+,21+,22-,23-,24+,25-,26+,28-,29+,30-,31-/m0/s1. The van der Waals surface area contributed by atoms with Crippen LogP contribution < -0.4 is 0 Å². The van der Waals surface area contributed by atoms with Crippen LogP contribution >= 0.6 is 0 Å². The summed E-state index contributed by atoms with van der Waals surface area (Å²) in [6.07, 6.45) is 9.05. The maximum Gasteiger partial charge on any atom is 0.303 e. The summed E-state index contributed by atoms with van der Waals surface area (Å²) in [5.74, 6) is 4.13. The zero-order valence-corrected chi connectivity index (χ0v) is 23.5. The molecule has 5 nitrogen and oxygen atoms in total. The molecule has 0 unspecified atom stereocenters. The molecule has 202 valence electrons. The van der Waals surface area contributed by atoms with Crippen LogP contribution in [0.25, 0.3) is 0 Å². The number of hydrogen-bond donors (Lipinski definition) is 1. The van der Waals surface area contributed by atoms with Crippen molar-refractivity contribution in [2.24, 2.45) is 52.8 Å². The summed E-state index contributed by atoms with van der Waals surface area (Å²) >= 11 is 0. The molecule has 5 heteroatoms. The number of ketones is 1. The van der Waals surface area contributed by atoms with Crippen LogP contribution in [0.2, 0.25) is 0 Å². The average Bonchev–Trinajstić information content (AvgIpc) is 3.16. The van der Waals surface area contributed by atoms with Gasteiger partial charge in [0.25, 0.3) is 0 Å². The average molecular weight is 500 g/mol. The highest BCUT2D eigenvalue weighted by molar-refractivity contribution is 5.83. The van der Waals surface area contributed by atoms with Crippen molar-refractivity contribution in [2.75, 3.05) is 13.1 Å². The van der Waals surface area contributed by atoms with Crippen molar-refractivity contribution >= 4 is 11.8 Å². The second-order valence-electron chi connectivity index (χ2n) is 15.1. The van der Waals surface area contributed by atoms with Crippen LogP contribution in [0.4, 0.5) is 0 Å². The van der Waals surface area contributed by atoms with E-state index < -0.39 is 11.2 Å². The van der Waals surface area contributed by atoms with E-state index in [4.69, 9.17) is 4.74 Å². The molecule has 1 N–H and O–H groups in total. The van der Waals surface area contributed by atoms with Crippen molar-refractivity contribution < 1.29 is 19.4 Å². The monoisotopic (exact) mass is 499 g/mol. The zero-order valence-electron chi connectivity index (χ0n) is 23.5. The minimum Gasteiger partial charge on any atom is -0.460 e. The molecule has 4 saturated carbocycles. The third-order valence-electron chi connectivity index (χ3n) is 13.3. The SMILES string of the molecule is CC(=O)O[C@@]1(C)CC[C@@]2(C)[C@H](C1)C(=O)C[C@H]1[C@@H]3CC[C@@H]4[C@@H](CN5C[C@@H](C)CC[C@@]5(C)[C@@]4(C)O)[C@@H]3C[C@@H]12. The van der Waals surface area contributed by atoms with Crippen LogP contribution in [-0.2, 0) is 14.3 Å². The third-order valence-corrected chi connectivity index (χ3v) is 13.3. The number of piperidine rings is 2. The van der Waals surface area contributed by atoms with E-state index in [-0.39, 0.29) is 22.8 Å². The maximum absolute atomic E-state index is 13.7. The van der Waals surface area contributed by atoms with E-state index in [1.165, 1.54) is 26.2 Å². The van der Waals surface area contributed by atoms with Crippen molar-refractivity contribution in [2.45, 2.75) is 116 Å². The summed E-state index contributed by atoms with van der Waals surface area (Å²) in [6, 6.07) is 0. The lowest BCUT2D eigenvalue weighted by molar-refractivity contribution is -0.218. The number of hydrogen-bond acceptors (Lipinski definition) is 5. The highest BCUT2D eigenvalue weighted by Gasteiger charge is 2.67. The second-order valence-corrected chi connectivity index (χ2v) is 15.1. The number of carbonyl (C=O) groups excluding carboxylic acids is 2. The number of ether oxygens (including phenoxy) is 1. The lowest BCUT2D eigenvalue weighted by atomic mass is 9.50. The first-order chi connectivity index (χ1) is 16.8. The van der Waals surface area contributed by atoms with Gasteiger partial charge in [0.1, 0.15) is 11.4 Å². The molecule has 2 saturated heterocycles. The maximum atomic E-state index is 13.7. The Morgan fingerprint density at radius 2 is 1.69 bits per heavy atom. The number of Topliss-reactive ketones (excluding diaryl/α,β-unsaturated/α-hetero) is 1. The fourth-order valence-electron chi connectivity index (χ4n) is 11.1. The molecule has 2 heterocycles. The largest absolute Gasteiger partial charge is 0.460 e. The number of aliphatic hydroxyl groups is 1. The first-order valence-electron chi connectivity index (χ1n) is 15.0. The molecule has 4 aliphatic carbocycles. The fourth-order valence-corrected chi connectivity index (χ4v) is 11.1. The lowest BCUT2D eigenvalue weighted by Crippen LogP contribution is -2.73. The Kier molecular flexibility index (Phi) is 5.66. The van der Waals surface area contributed by atoms with E-state index in [1.54, 1.807) is 0 Å². The summed E-state index contributed by atoms with van der Waals surface area (Å²) < 4.78 is 5.76. The van der Waals surface area contributed by atoms with Crippen molar-refractivity contribution in [1.82, 2.24) is 4.90 Å². The van der Waals surface area contributed by atoms with Gasteiger partial charge in [-0.05, 0) is 119 Å². The predicted molar refractivity (Wildman–Crippen MR) is 139 cm³/mol. The minimum atomic E-state index is -0.659. The first-order valence-corrected chi connectivity index (χ1v) is 15.0. The van der Waals surface area contributed by atoms with Gasteiger partial charge in [-0.2, -0.15) is 0 Å². The fraction of sp³-hybridized carbons (Fsp3) is 0.935. The van der Waals surface area contributed by atoms with Crippen molar-refractivity contribution in [3.05, 3.63) is 0 Å². The Labute approximate surface area is 218 Å². The van der Waals surface area contributed by atoms with Crippen molar-refractivity contribution in [1.29, 1.82) is 0 Å². The Bertz CT molecular complexity index is 947. The third kappa shape index (κ3) is 3.39. The molecule has 2 aliphatic heterocycles. The zero-order chi connectivity index (χ0) is 25.8. The smallest absolute Gasteiger partial charge is 0.303 e. The molecule has 6 aliphatic rings. The summed E-state index contributed by atoms with van der Waals surface area (Å²) in [5.41, 5.74) is -1.27. The molecule has 0 radical (unpaired) electrons. The van der Waals surface area contributed by atoms with Gasteiger partial charge in [0.2, 0.25) is 0 Å². The molecule has 36 heavy (non-hydrogen) atoms. The molecule has 0 aromatic rings. The van der Waals surface area contributed by atoms with E-state index in [0.717, 1.165) is 38.8 Å². The summed E-state index contributed by atoms with van der Waals surface area (Å²) in [4.78, 5) is 28.2. The van der Waals surface area contributed by atoms with Crippen LogP contribution in [0.5, 0.6) is 0 Å². The molecule has 0 aromatic heterocycles. The molecule has 0 aromatic carbocycles. The first kappa shape index (κ1) is 25.3. The van der Waals surface area contributed by atoms with Crippen molar-refractivity contribution in [3.63, 3.8) is 0 Å². The van der Waals surface area contributed by atoms with E-state index in [9.17, 15) is 14.7 Å². The van der Waals surface area contributed by atoms with Crippen LogP contribution in [0.3, 0.4) is 0 Å². The predicted octanol–water partition coefficient (Wildman–Crippen LogP) is 5.24. The topological polar surface area (TPSA) is 66.8 Å². The second kappa shape index (κ2) is 8.04. The summed E-state index contributed by atoms with van der Waals surface area (Å²) in [5, 5.41) is 12.2. The quantitative estimate of drug-likeness (QED) is 0.500. The number of rotatable bonds is 1. The van der Waals surface area contributed by atoms with Gasteiger partial charge in [-0.3, -0.25) is 14.5 Å². The normalized spacial score (nSPS) is 56.6. The van der Waals surface area contributed by atoms with Gasteiger partial charge in [-0.15, -0.1) is 0 Å². The van der Waals surface area contributed by atoms with Gasteiger partial charge in [-0.25, -0.2) is 0 Å². The van der Waals surface area contributed by atoms with Gasteiger partial charge in [-0.1, -0.05) is 13.8 Å². The van der Waals surface area contributed by atoms with Gasteiger partial charge in [0.05, 0.1) is 5.60 Å². The van der Waals surface area contributed by atoms with E-state index >= 15 is 0 Å². The molecule has 0 bridgehead atoms. The van der Waals surface area contributed by atoms with Crippen LogP contribution in [-0.4, -0.2) is 51.6 Å². The van der Waals surface area contributed by atoms with E-state index in [1.807, 2.05) is 6.92 Å². The lowest BCUT2D eigenvalue weighted by Gasteiger charge is -2.65.